The molecule has 1 aliphatic rings. The molecule has 0 fully saturated rings. The van der Waals surface area contributed by atoms with E-state index in [1.807, 2.05) is 99.6 Å². The van der Waals surface area contributed by atoms with Crippen LogP contribution in [0.3, 0.4) is 0 Å². The first-order valence-corrected chi connectivity index (χ1v) is 29.0. The number of benzene rings is 2. The summed E-state index contributed by atoms with van der Waals surface area (Å²) >= 11 is 1.08. The fourth-order valence-electron chi connectivity index (χ4n) is 8.27. The van der Waals surface area contributed by atoms with Crippen LogP contribution < -0.4 is 42.4 Å². The first-order chi connectivity index (χ1) is 38.1. The van der Waals surface area contributed by atoms with Crippen LogP contribution in [0.1, 0.15) is 146 Å². The minimum Gasteiger partial charge on any atom is -0.380 e. The summed E-state index contributed by atoms with van der Waals surface area (Å²) in [6.07, 6.45) is 7.02. The topological polar surface area (TPSA) is 280 Å². The summed E-state index contributed by atoms with van der Waals surface area (Å²) in [5.41, 5.74) is 6.04. The molecule has 3 atom stereocenters. The second-order valence-corrected chi connectivity index (χ2v) is 24.8. The predicted molar refractivity (Wildman–Crippen MR) is 326 cm³/mol. The van der Waals surface area contributed by atoms with E-state index in [0.29, 0.717) is 21.7 Å². The van der Waals surface area contributed by atoms with Gasteiger partial charge in [-0.3, -0.25) is 48.0 Å². The molecule has 0 spiro atoms. The Labute approximate surface area is 493 Å². The molecule has 10 amide bonds. The molecule has 0 radical (unpaired) electrons. The SMILES string of the molecule is CCC.CCC.CNC(C(=O)NC(C(=O)N(C)C/C=C(\C)C(=O)NSc1ccc(NC(=O)C(CCCNC(N)=O)NC(=O)CNC(=O)CC(C)(C)COCC(C)(C)CN2C(=O)C=CC2=O)c(C)c1C)C(C)(C)C)C(C)(C)c1ccccc1. The Morgan fingerprint density at radius 3 is 1.88 bits per heavy atom. The zero-order valence-electron chi connectivity index (χ0n) is 52.2. The molecule has 458 valence electrons. The summed E-state index contributed by atoms with van der Waals surface area (Å²) in [6.45, 7) is 31.2. The first-order valence-electron chi connectivity index (χ1n) is 28.2. The molecule has 0 saturated heterocycles. The van der Waals surface area contributed by atoms with Gasteiger partial charge in [-0.25, -0.2) is 4.79 Å². The zero-order chi connectivity index (χ0) is 62.8. The smallest absolute Gasteiger partial charge is 0.312 e. The monoisotopic (exact) mass is 1160 g/mol. The Bertz CT molecular complexity index is 2520. The number of anilines is 1. The zero-order valence-corrected chi connectivity index (χ0v) is 53.1. The van der Waals surface area contributed by atoms with Crippen molar-refractivity contribution in [2.75, 3.05) is 58.8 Å². The second kappa shape index (κ2) is 34.8. The molecular formula is C61H98N10O10S. The van der Waals surface area contributed by atoms with Crippen molar-refractivity contribution in [2.24, 2.45) is 22.0 Å². The van der Waals surface area contributed by atoms with Gasteiger partial charge in [-0.2, -0.15) is 0 Å². The third kappa shape index (κ3) is 25.3. The van der Waals surface area contributed by atoms with Gasteiger partial charge >= 0.3 is 6.03 Å². The third-order valence-electron chi connectivity index (χ3n) is 13.0. The van der Waals surface area contributed by atoms with E-state index in [-0.39, 0.29) is 81.6 Å². The molecule has 21 heteroatoms. The van der Waals surface area contributed by atoms with Gasteiger partial charge in [0.2, 0.25) is 29.5 Å². The lowest BCUT2D eigenvalue weighted by Gasteiger charge is -2.38. The Kier molecular flexibility index (Phi) is 31.1. The maximum atomic E-state index is 13.9. The maximum Gasteiger partial charge on any atom is 0.312 e. The van der Waals surface area contributed by atoms with Crippen LogP contribution in [-0.2, 0) is 48.5 Å². The van der Waals surface area contributed by atoms with Crippen molar-refractivity contribution in [3.8, 4) is 0 Å². The molecule has 2 aromatic rings. The summed E-state index contributed by atoms with van der Waals surface area (Å²) < 4.78 is 8.77. The Balaban J connectivity index is 0.00000535. The average molecular weight is 1160 g/mol. The lowest BCUT2D eigenvalue weighted by Crippen LogP contribution is -2.60. The molecule has 0 aromatic heterocycles. The number of nitrogens with zero attached hydrogens (tertiary/aromatic N) is 2. The number of primary amides is 1. The van der Waals surface area contributed by atoms with Crippen molar-refractivity contribution < 1.29 is 47.9 Å². The van der Waals surface area contributed by atoms with Gasteiger partial charge in [-0.15, -0.1) is 0 Å². The molecule has 0 bridgehead atoms. The van der Waals surface area contributed by atoms with Crippen molar-refractivity contribution in [2.45, 2.75) is 171 Å². The van der Waals surface area contributed by atoms with Crippen molar-refractivity contribution in [3.05, 3.63) is 83.0 Å². The van der Waals surface area contributed by atoms with Crippen LogP contribution in [0.4, 0.5) is 10.5 Å². The highest BCUT2D eigenvalue weighted by Crippen LogP contribution is 2.31. The summed E-state index contributed by atoms with van der Waals surface area (Å²) in [5.74, 6) is -3.34. The summed E-state index contributed by atoms with van der Waals surface area (Å²) in [4.78, 5) is 120. The van der Waals surface area contributed by atoms with Gasteiger partial charge in [0.05, 0.1) is 25.8 Å². The van der Waals surface area contributed by atoms with Crippen molar-refractivity contribution in [3.63, 3.8) is 0 Å². The van der Waals surface area contributed by atoms with Crippen LogP contribution in [0.2, 0.25) is 0 Å². The summed E-state index contributed by atoms with van der Waals surface area (Å²) in [6, 6.07) is 9.81. The Morgan fingerprint density at radius 2 is 1.33 bits per heavy atom. The standard InChI is InChI=1S/C55H82N10O10S.2C3H8/c1-34(26-28-64(14)50(73)46(52(4,5)6)62-49(72)45(57-13)55(11,12)37-19-16-15-17-20-37)47(70)63-76-40-23-22-38(35(2)36(40)3)61-48(71)39(21-18-27-58-51(56)74)60-42(67)30-59-41(66)29-53(7,8)32-75-33-54(9,10)31-65-43(68)24-25-44(65)69;2*1-3-2/h15-17,19-20,22-26,39,45-46,57H,18,21,27-33H2,1-14H3,(H,59,66)(H,60,67)(H,61,71)(H,62,72)(H,63,70)(H3,56,58,74);2*3H2,1-2H3/b34-26+;;. The first kappa shape index (κ1) is 73.4. The van der Waals surface area contributed by atoms with Crippen molar-refractivity contribution in [1.82, 2.24) is 41.1 Å². The highest BCUT2D eigenvalue weighted by molar-refractivity contribution is 7.98. The average Bonchev–Trinajstić information content (AvgIpc) is 3.88. The molecule has 3 rings (SSSR count). The van der Waals surface area contributed by atoms with Crippen molar-refractivity contribution in [1.29, 1.82) is 0 Å². The molecule has 1 aliphatic heterocycles. The highest BCUT2D eigenvalue weighted by Gasteiger charge is 2.41. The number of carbonyl (C=O) groups excluding carboxylic acids is 9. The fourth-order valence-corrected chi connectivity index (χ4v) is 9.08. The molecule has 20 nitrogen and oxygen atoms in total. The van der Waals surface area contributed by atoms with Crippen LogP contribution in [0, 0.1) is 30.1 Å². The van der Waals surface area contributed by atoms with Crippen LogP contribution in [0.25, 0.3) is 0 Å². The van der Waals surface area contributed by atoms with Gasteiger partial charge < -0.3 is 47.3 Å². The van der Waals surface area contributed by atoms with E-state index in [4.69, 9.17) is 10.5 Å². The quantitative estimate of drug-likeness (QED) is 0.0183. The molecule has 2 aromatic carbocycles. The number of hydrogen-bond acceptors (Lipinski definition) is 12. The number of ether oxygens (including phenoxy) is 1. The molecule has 0 saturated carbocycles. The Hall–Kier alpha value is -6.58. The van der Waals surface area contributed by atoms with E-state index in [1.54, 1.807) is 46.2 Å². The minimum absolute atomic E-state index is 0.0119. The van der Waals surface area contributed by atoms with Crippen LogP contribution in [0.15, 0.2) is 71.2 Å². The number of hydrogen-bond donors (Lipinski definition) is 8. The minimum atomic E-state index is -1.06. The van der Waals surface area contributed by atoms with Crippen LogP contribution in [0.5, 0.6) is 0 Å². The van der Waals surface area contributed by atoms with Gasteiger partial charge in [0, 0.05) is 72.2 Å². The van der Waals surface area contributed by atoms with E-state index >= 15 is 0 Å². The third-order valence-corrected chi connectivity index (χ3v) is 14.0. The number of imide groups is 1. The van der Waals surface area contributed by atoms with E-state index < -0.39 is 70.1 Å². The van der Waals surface area contributed by atoms with Crippen LogP contribution >= 0.6 is 11.9 Å². The van der Waals surface area contributed by atoms with Gasteiger partial charge in [0.25, 0.3) is 17.7 Å². The second-order valence-electron chi connectivity index (χ2n) is 23.9. The number of likely N-dealkylation sites (N-methyl/N-ethyl adjacent to an activating group) is 2. The number of carbonyl (C=O) groups is 9. The molecule has 9 N–H and O–H groups in total. The lowest BCUT2D eigenvalue weighted by atomic mass is 9.76. The molecule has 82 heavy (non-hydrogen) atoms. The van der Waals surface area contributed by atoms with E-state index in [9.17, 15) is 43.2 Å². The number of urea groups is 1. The lowest BCUT2D eigenvalue weighted by molar-refractivity contribution is -0.139. The van der Waals surface area contributed by atoms with Gasteiger partial charge in [-0.05, 0) is 92.3 Å². The molecular weight excluding hydrogens is 1060 g/mol. The number of nitrogens with one attached hydrogen (secondary N) is 7. The Morgan fingerprint density at radius 1 is 0.756 bits per heavy atom. The van der Waals surface area contributed by atoms with Gasteiger partial charge in [-0.1, -0.05) is 139 Å². The molecule has 3 unspecified atom stereocenters. The predicted octanol–water partition coefficient (Wildman–Crippen LogP) is 7.13. The molecule has 0 aliphatic carbocycles. The van der Waals surface area contributed by atoms with E-state index in [0.717, 1.165) is 28.0 Å². The van der Waals surface area contributed by atoms with Gasteiger partial charge in [0.15, 0.2) is 0 Å². The van der Waals surface area contributed by atoms with Crippen LogP contribution in [-0.4, -0.2) is 135 Å². The summed E-state index contributed by atoms with van der Waals surface area (Å²) in [7, 11) is 3.34. The van der Waals surface area contributed by atoms with Gasteiger partial charge in [0.1, 0.15) is 12.1 Å². The highest BCUT2D eigenvalue weighted by atomic mass is 32.2. The van der Waals surface area contributed by atoms with Crippen molar-refractivity contribution >= 4 is 70.9 Å². The largest absolute Gasteiger partial charge is 0.380 e. The summed E-state index contributed by atoms with van der Waals surface area (Å²) in [5, 5.41) is 16.8. The van der Waals surface area contributed by atoms with E-state index in [1.165, 1.54) is 29.9 Å². The number of amides is 10. The maximum absolute atomic E-state index is 13.9. The molecule has 1 heterocycles. The van der Waals surface area contributed by atoms with E-state index in [2.05, 4.69) is 64.3 Å². The number of nitrogens with two attached hydrogens (primary N) is 1. The fraction of sp³-hybridized carbons (Fsp3) is 0.590. The number of rotatable bonds is 28. The normalized spacial score (nSPS) is 13.7.